The van der Waals surface area contributed by atoms with Gasteiger partial charge in [-0.05, 0) is 51.0 Å². The van der Waals surface area contributed by atoms with Gasteiger partial charge in [0.2, 0.25) is 0 Å². The van der Waals surface area contributed by atoms with Gasteiger partial charge < -0.3 is 9.42 Å². The Bertz CT molecular complexity index is 1300. The summed E-state index contributed by atoms with van der Waals surface area (Å²) in [4.78, 5) is 20.0. The van der Waals surface area contributed by atoms with Crippen molar-refractivity contribution in [1.29, 1.82) is 0 Å². The maximum absolute atomic E-state index is 13.4. The number of rotatable bonds is 3. The van der Waals surface area contributed by atoms with Crippen molar-refractivity contribution in [2.24, 2.45) is 0 Å². The number of piperidine rings is 1. The number of nitrogens with zero attached hydrogens (tertiary/aromatic N) is 4. The second kappa shape index (κ2) is 7.23. The molecular formula is C23H23FN4O2. The number of fused-ring (bicyclic) bond motifs is 2. The van der Waals surface area contributed by atoms with E-state index in [1.807, 2.05) is 32.0 Å². The minimum absolute atomic E-state index is 0.0160. The molecule has 4 aromatic rings. The molecule has 0 bridgehead atoms. The van der Waals surface area contributed by atoms with E-state index in [2.05, 4.69) is 15.0 Å². The fourth-order valence-corrected chi connectivity index (χ4v) is 4.61. The molecule has 3 heterocycles. The number of aromatic nitrogens is 3. The third-order valence-corrected chi connectivity index (χ3v) is 6.15. The zero-order chi connectivity index (χ0) is 20.8. The van der Waals surface area contributed by atoms with Gasteiger partial charge in [-0.3, -0.25) is 9.36 Å². The van der Waals surface area contributed by atoms with Crippen LogP contribution in [-0.2, 0) is 6.54 Å². The van der Waals surface area contributed by atoms with Gasteiger partial charge in [0.05, 0.1) is 22.3 Å². The van der Waals surface area contributed by atoms with Gasteiger partial charge in [0, 0.05) is 37.0 Å². The van der Waals surface area contributed by atoms with Crippen LogP contribution in [0.2, 0.25) is 0 Å². The highest BCUT2D eigenvalue weighted by atomic mass is 19.1. The van der Waals surface area contributed by atoms with Crippen molar-refractivity contribution in [3.63, 3.8) is 0 Å². The first-order valence-corrected chi connectivity index (χ1v) is 10.4. The molecule has 30 heavy (non-hydrogen) atoms. The molecule has 0 spiro atoms. The summed E-state index contributed by atoms with van der Waals surface area (Å²) in [6.45, 7) is 6.04. The molecule has 5 rings (SSSR count). The van der Waals surface area contributed by atoms with Gasteiger partial charge in [-0.15, -0.1) is 0 Å². The fourth-order valence-electron chi connectivity index (χ4n) is 4.61. The summed E-state index contributed by atoms with van der Waals surface area (Å²) in [6, 6.07) is 10.4. The van der Waals surface area contributed by atoms with E-state index in [0.29, 0.717) is 17.5 Å². The maximum atomic E-state index is 13.4. The minimum atomic E-state index is -0.322. The number of benzene rings is 2. The maximum Gasteiger partial charge on any atom is 0.263 e. The highest BCUT2D eigenvalue weighted by Crippen LogP contribution is 2.35. The molecule has 7 heteroatoms. The second-order valence-electron chi connectivity index (χ2n) is 7.85. The third-order valence-electron chi connectivity index (χ3n) is 6.15. The molecule has 6 nitrogen and oxygen atoms in total. The molecule has 1 aliphatic heterocycles. The predicted octanol–water partition coefficient (Wildman–Crippen LogP) is 4.39. The summed E-state index contributed by atoms with van der Waals surface area (Å²) in [5.41, 5.74) is 3.09. The van der Waals surface area contributed by atoms with Crippen molar-refractivity contribution < 1.29 is 8.91 Å². The average molecular weight is 406 g/mol. The molecule has 0 radical (unpaired) electrons. The van der Waals surface area contributed by atoms with Gasteiger partial charge in [0.1, 0.15) is 11.6 Å². The monoisotopic (exact) mass is 406 g/mol. The molecule has 0 amide bonds. The molecule has 0 unspecified atom stereocenters. The molecule has 1 aliphatic rings. The van der Waals surface area contributed by atoms with Crippen LogP contribution in [0.5, 0.6) is 0 Å². The number of aryl methyl sites for hydroxylation is 1. The van der Waals surface area contributed by atoms with Crippen molar-refractivity contribution in [3.05, 3.63) is 64.1 Å². The Morgan fingerprint density at radius 1 is 1.20 bits per heavy atom. The highest BCUT2D eigenvalue weighted by molar-refractivity contribution is 5.91. The van der Waals surface area contributed by atoms with Crippen molar-refractivity contribution in [3.8, 4) is 0 Å². The van der Waals surface area contributed by atoms with Crippen LogP contribution in [0.4, 0.5) is 10.1 Å². The fraction of sp³-hybridized carbons (Fsp3) is 0.348. The standard InChI is InChI=1S/C23H23FN4O2/c1-3-28-14(2)25-18-5-4-6-19(21(18)23(28)29)27-11-9-15(10-12-27)22-17-8-7-16(24)13-20(17)30-26-22/h4-8,13,15H,3,9-12H2,1-2H3. The lowest BCUT2D eigenvalue weighted by Crippen LogP contribution is -2.34. The SMILES string of the molecule is CCn1c(C)nc2cccc(N3CCC(c4noc5cc(F)ccc45)CC3)c2c1=O. The van der Waals surface area contributed by atoms with Gasteiger partial charge in [0.25, 0.3) is 5.56 Å². The van der Waals surface area contributed by atoms with E-state index >= 15 is 0 Å². The van der Waals surface area contributed by atoms with Crippen molar-refractivity contribution in [2.45, 2.75) is 39.2 Å². The molecule has 1 saturated heterocycles. The average Bonchev–Trinajstić information content (AvgIpc) is 3.16. The summed E-state index contributed by atoms with van der Waals surface area (Å²) in [7, 11) is 0. The van der Waals surface area contributed by atoms with Crippen LogP contribution in [0, 0.1) is 12.7 Å². The molecule has 2 aromatic carbocycles. The Kier molecular flexibility index (Phi) is 4.53. The van der Waals surface area contributed by atoms with Crippen molar-refractivity contribution >= 4 is 27.6 Å². The normalized spacial score (nSPS) is 15.4. The number of halogens is 1. The first kappa shape index (κ1) is 18.8. The lowest BCUT2D eigenvalue weighted by atomic mass is 9.91. The summed E-state index contributed by atoms with van der Waals surface area (Å²) >= 11 is 0. The zero-order valence-electron chi connectivity index (χ0n) is 17.1. The van der Waals surface area contributed by atoms with Gasteiger partial charge in [-0.25, -0.2) is 9.37 Å². The number of hydrogen-bond donors (Lipinski definition) is 0. The van der Waals surface area contributed by atoms with Gasteiger partial charge in [-0.2, -0.15) is 0 Å². The topological polar surface area (TPSA) is 64.2 Å². The van der Waals surface area contributed by atoms with E-state index in [0.717, 1.165) is 54.0 Å². The second-order valence-corrected chi connectivity index (χ2v) is 7.85. The highest BCUT2D eigenvalue weighted by Gasteiger charge is 2.26. The van der Waals surface area contributed by atoms with Crippen LogP contribution in [-0.4, -0.2) is 27.8 Å². The summed E-state index contributed by atoms with van der Waals surface area (Å²) in [6.07, 6.45) is 1.77. The predicted molar refractivity (Wildman–Crippen MR) is 115 cm³/mol. The molecule has 0 saturated carbocycles. The Balaban J connectivity index is 1.45. The Morgan fingerprint density at radius 2 is 2.00 bits per heavy atom. The van der Waals surface area contributed by atoms with Crippen LogP contribution in [0.3, 0.4) is 0 Å². The van der Waals surface area contributed by atoms with Gasteiger partial charge >= 0.3 is 0 Å². The molecule has 0 N–H and O–H groups in total. The van der Waals surface area contributed by atoms with Crippen LogP contribution >= 0.6 is 0 Å². The van der Waals surface area contributed by atoms with Crippen LogP contribution in [0.25, 0.3) is 21.9 Å². The summed E-state index contributed by atoms with van der Waals surface area (Å²) in [5, 5.41) is 5.80. The van der Waals surface area contributed by atoms with Gasteiger partial charge in [-0.1, -0.05) is 11.2 Å². The lowest BCUT2D eigenvalue weighted by Gasteiger charge is -2.33. The Labute approximate surface area is 172 Å². The van der Waals surface area contributed by atoms with Gasteiger partial charge in [0.15, 0.2) is 5.58 Å². The van der Waals surface area contributed by atoms with E-state index in [4.69, 9.17) is 4.52 Å². The first-order valence-electron chi connectivity index (χ1n) is 10.4. The van der Waals surface area contributed by atoms with Crippen LogP contribution in [0.15, 0.2) is 45.7 Å². The van der Waals surface area contributed by atoms with E-state index in [9.17, 15) is 9.18 Å². The lowest BCUT2D eigenvalue weighted by molar-refractivity contribution is 0.416. The smallest absolute Gasteiger partial charge is 0.263 e. The Hall–Kier alpha value is -3.22. The minimum Gasteiger partial charge on any atom is -0.371 e. The molecule has 154 valence electrons. The summed E-state index contributed by atoms with van der Waals surface area (Å²) < 4.78 is 20.5. The molecule has 2 aromatic heterocycles. The first-order chi connectivity index (χ1) is 14.6. The third kappa shape index (κ3) is 2.96. The molecule has 1 fully saturated rings. The quantitative estimate of drug-likeness (QED) is 0.505. The molecular weight excluding hydrogens is 383 g/mol. The summed E-state index contributed by atoms with van der Waals surface area (Å²) in [5.74, 6) is 0.661. The van der Waals surface area contributed by atoms with Crippen molar-refractivity contribution in [2.75, 3.05) is 18.0 Å². The Morgan fingerprint density at radius 3 is 2.77 bits per heavy atom. The van der Waals surface area contributed by atoms with Crippen LogP contribution in [0.1, 0.15) is 37.2 Å². The molecule has 0 atom stereocenters. The van der Waals surface area contributed by atoms with E-state index in [-0.39, 0.29) is 17.3 Å². The van der Waals surface area contributed by atoms with E-state index in [1.54, 1.807) is 10.6 Å². The zero-order valence-corrected chi connectivity index (χ0v) is 17.1. The number of anilines is 1. The molecule has 0 aliphatic carbocycles. The van der Waals surface area contributed by atoms with Crippen molar-refractivity contribution in [1.82, 2.24) is 14.7 Å². The van der Waals surface area contributed by atoms with E-state index in [1.165, 1.54) is 12.1 Å². The largest absolute Gasteiger partial charge is 0.371 e. The van der Waals surface area contributed by atoms with E-state index < -0.39 is 0 Å². The van der Waals surface area contributed by atoms with Crippen LogP contribution < -0.4 is 10.5 Å². The number of hydrogen-bond acceptors (Lipinski definition) is 5.